The number of aromatic nitrogens is 3. The number of nitrogens with zero attached hydrogens (tertiary/aromatic N) is 2. The standard InChI is InChI=1S/C20H16N4OS/c1-14-13-26-20(23-14)24-19-18(25-17-5-3-2-4-6-17)11-16(12-22-19)15-7-9-21-10-8-15/h2-13H,1H3,(H,22,23,24)/p+1. The summed E-state index contributed by atoms with van der Waals surface area (Å²) in [6, 6.07) is 15.7. The predicted molar refractivity (Wildman–Crippen MR) is 103 cm³/mol. The monoisotopic (exact) mass is 361 g/mol. The first kappa shape index (κ1) is 16.2. The average Bonchev–Trinajstić information content (AvgIpc) is 3.09. The van der Waals surface area contributed by atoms with Crippen LogP contribution in [0.3, 0.4) is 0 Å². The lowest BCUT2D eigenvalue weighted by Gasteiger charge is -2.12. The van der Waals surface area contributed by atoms with Gasteiger partial charge in [-0.15, -0.1) is 11.3 Å². The van der Waals surface area contributed by atoms with Crippen molar-refractivity contribution in [1.29, 1.82) is 0 Å². The fourth-order valence-electron chi connectivity index (χ4n) is 2.48. The number of thiazole rings is 1. The Morgan fingerprint density at radius 1 is 1.04 bits per heavy atom. The number of para-hydroxylation sites is 1. The zero-order chi connectivity index (χ0) is 17.8. The number of rotatable bonds is 5. The molecule has 0 radical (unpaired) electrons. The van der Waals surface area contributed by atoms with E-state index in [0.29, 0.717) is 11.6 Å². The van der Waals surface area contributed by atoms with Gasteiger partial charge in [-0.25, -0.2) is 15.0 Å². The van der Waals surface area contributed by atoms with Crippen molar-refractivity contribution in [2.75, 3.05) is 5.32 Å². The first-order chi connectivity index (χ1) is 12.8. The van der Waals surface area contributed by atoms with E-state index < -0.39 is 0 Å². The predicted octanol–water partition coefficient (Wildman–Crippen LogP) is 4.86. The Morgan fingerprint density at radius 3 is 2.58 bits per heavy atom. The van der Waals surface area contributed by atoms with Crippen molar-refractivity contribution < 1.29 is 9.72 Å². The summed E-state index contributed by atoms with van der Waals surface area (Å²) in [5.74, 6) is 2.04. The molecular formula is C20H17N4OS+. The second kappa shape index (κ2) is 7.33. The van der Waals surface area contributed by atoms with Crippen molar-refractivity contribution >= 4 is 22.3 Å². The van der Waals surface area contributed by atoms with Gasteiger partial charge in [0.25, 0.3) is 0 Å². The molecule has 0 saturated heterocycles. The highest BCUT2D eigenvalue weighted by atomic mass is 32.1. The van der Waals surface area contributed by atoms with Gasteiger partial charge in [-0.2, -0.15) is 0 Å². The van der Waals surface area contributed by atoms with E-state index in [4.69, 9.17) is 4.74 Å². The Bertz CT molecular complexity index is 1000. The number of aromatic amines is 1. The van der Waals surface area contributed by atoms with E-state index in [0.717, 1.165) is 27.7 Å². The maximum atomic E-state index is 6.09. The van der Waals surface area contributed by atoms with Crippen molar-refractivity contribution in [3.8, 4) is 22.6 Å². The minimum Gasteiger partial charge on any atom is -0.453 e. The Hall–Kier alpha value is -3.25. The van der Waals surface area contributed by atoms with Gasteiger partial charge < -0.3 is 10.1 Å². The molecule has 4 rings (SSSR count). The van der Waals surface area contributed by atoms with Crippen molar-refractivity contribution in [3.05, 3.63) is 78.2 Å². The van der Waals surface area contributed by atoms with Crippen LogP contribution in [0.15, 0.2) is 72.5 Å². The number of hydrogen-bond donors (Lipinski definition) is 1. The lowest BCUT2D eigenvalue weighted by atomic mass is 10.1. The van der Waals surface area contributed by atoms with E-state index in [9.17, 15) is 0 Å². The number of H-pyrrole nitrogens is 1. The molecule has 0 unspecified atom stereocenters. The molecule has 0 spiro atoms. The van der Waals surface area contributed by atoms with Gasteiger partial charge in [0.05, 0.1) is 5.69 Å². The van der Waals surface area contributed by atoms with Crippen molar-refractivity contribution in [2.24, 2.45) is 0 Å². The van der Waals surface area contributed by atoms with E-state index in [2.05, 4.69) is 20.3 Å². The summed E-state index contributed by atoms with van der Waals surface area (Å²) in [5.41, 5.74) is 3.01. The summed E-state index contributed by atoms with van der Waals surface area (Å²) in [7, 11) is 0. The van der Waals surface area contributed by atoms with Gasteiger partial charge in [-0.05, 0) is 30.7 Å². The molecule has 0 amide bonds. The number of ether oxygens (including phenoxy) is 1. The SMILES string of the molecule is Cc1csc(Nc2ncc(-c3cc[nH+]cc3)cc2Oc2ccccc2)n1. The molecule has 0 atom stereocenters. The first-order valence-corrected chi connectivity index (χ1v) is 9.04. The maximum absolute atomic E-state index is 6.09. The molecule has 3 aromatic heterocycles. The van der Waals surface area contributed by atoms with Crippen molar-refractivity contribution in [1.82, 2.24) is 9.97 Å². The fourth-order valence-corrected chi connectivity index (χ4v) is 3.17. The van der Waals surface area contributed by atoms with E-state index in [1.807, 2.05) is 79.4 Å². The quantitative estimate of drug-likeness (QED) is 0.551. The molecule has 26 heavy (non-hydrogen) atoms. The normalized spacial score (nSPS) is 10.5. The van der Waals surface area contributed by atoms with Gasteiger partial charge in [0, 0.05) is 29.3 Å². The third kappa shape index (κ3) is 3.70. The van der Waals surface area contributed by atoms with Gasteiger partial charge in [0.15, 0.2) is 29.1 Å². The molecule has 6 heteroatoms. The highest BCUT2D eigenvalue weighted by molar-refractivity contribution is 7.13. The van der Waals surface area contributed by atoms with E-state index in [1.54, 1.807) is 0 Å². The van der Waals surface area contributed by atoms with Gasteiger partial charge in [-0.3, -0.25) is 0 Å². The zero-order valence-electron chi connectivity index (χ0n) is 14.1. The molecule has 0 bridgehead atoms. The van der Waals surface area contributed by atoms with Crippen LogP contribution in [-0.4, -0.2) is 9.97 Å². The van der Waals surface area contributed by atoms with Crippen molar-refractivity contribution in [2.45, 2.75) is 6.92 Å². The molecule has 0 aliphatic heterocycles. The van der Waals surface area contributed by atoms with Crippen LogP contribution in [0.1, 0.15) is 5.69 Å². The van der Waals surface area contributed by atoms with Crippen molar-refractivity contribution in [3.63, 3.8) is 0 Å². The lowest BCUT2D eigenvalue weighted by molar-refractivity contribution is -0.377. The zero-order valence-corrected chi connectivity index (χ0v) is 15.0. The topological polar surface area (TPSA) is 61.2 Å². The van der Waals surface area contributed by atoms with Crippen LogP contribution in [0.4, 0.5) is 10.9 Å². The van der Waals surface area contributed by atoms with Gasteiger partial charge >= 0.3 is 0 Å². The first-order valence-electron chi connectivity index (χ1n) is 8.16. The minimum atomic E-state index is 0.634. The molecule has 0 aliphatic rings. The molecule has 128 valence electrons. The minimum absolute atomic E-state index is 0.634. The van der Waals surface area contributed by atoms with Crippen LogP contribution in [0.2, 0.25) is 0 Å². The Balaban J connectivity index is 1.72. The molecule has 0 saturated carbocycles. The number of hydrogen-bond acceptors (Lipinski definition) is 5. The molecule has 1 aromatic carbocycles. The molecule has 0 aliphatic carbocycles. The van der Waals surface area contributed by atoms with Gasteiger partial charge in [-0.1, -0.05) is 18.2 Å². The van der Waals surface area contributed by atoms with E-state index >= 15 is 0 Å². The summed E-state index contributed by atoms with van der Waals surface area (Å²) in [4.78, 5) is 12.1. The van der Waals surface area contributed by atoms with Crippen LogP contribution >= 0.6 is 11.3 Å². The van der Waals surface area contributed by atoms with Crippen LogP contribution in [-0.2, 0) is 0 Å². The number of pyridine rings is 2. The summed E-state index contributed by atoms with van der Waals surface area (Å²) in [6.07, 6.45) is 5.60. The molecule has 0 fully saturated rings. The Morgan fingerprint density at radius 2 is 1.85 bits per heavy atom. The second-order valence-electron chi connectivity index (χ2n) is 5.69. The summed E-state index contributed by atoms with van der Waals surface area (Å²) >= 11 is 1.54. The molecule has 3 heterocycles. The van der Waals surface area contributed by atoms with Crippen LogP contribution < -0.4 is 15.0 Å². The number of anilines is 2. The molecule has 5 nitrogen and oxygen atoms in total. The fraction of sp³-hybridized carbons (Fsp3) is 0.0500. The third-order valence-corrected chi connectivity index (χ3v) is 4.60. The second-order valence-corrected chi connectivity index (χ2v) is 6.55. The summed E-state index contributed by atoms with van der Waals surface area (Å²) < 4.78 is 6.09. The third-order valence-electron chi connectivity index (χ3n) is 3.72. The highest BCUT2D eigenvalue weighted by Gasteiger charge is 2.12. The Labute approximate surface area is 155 Å². The Kier molecular flexibility index (Phi) is 4.57. The molecule has 4 aromatic rings. The van der Waals surface area contributed by atoms with Crippen LogP contribution in [0.25, 0.3) is 11.1 Å². The molecule has 2 N–H and O–H groups in total. The van der Waals surface area contributed by atoms with E-state index in [1.165, 1.54) is 11.3 Å². The highest BCUT2D eigenvalue weighted by Crippen LogP contribution is 2.34. The number of benzene rings is 1. The summed E-state index contributed by atoms with van der Waals surface area (Å²) in [6.45, 7) is 1.96. The number of nitrogens with one attached hydrogen (secondary N) is 2. The lowest BCUT2D eigenvalue weighted by Crippen LogP contribution is -1.99. The van der Waals surface area contributed by atoms with Crippen LogP contribution in [0.5, 0.6) is 11.5 Å². The largest absolute Gasteiger partial charge is 0.453 e. The number of aryl methyl sites for hydroxylation is 1. The average molecular weight is 361 g/mol. The summed E-state index contributed by atoms with van der Waals surface area (Å²) in [5, 5.41) is 6.04. The van der Waals surface area contributed by atoms with E-state index in [-0.39, 0.29) is 0 Å². The van der Waals surface area contributed by atoms with Crippen LogP contribution in [0, 0.1) is 6.92 Å². The smallest absolute Gasteiger partial charge is 0.188 e. The molecular weight excluding hydrogens is 344 g/mol. The van der Waals surface area contributed by atoms with Gasteiger partial charge in [0.2, 0.25) is 0 Å². The maximum Gasteiger partial charge on any atom is 0.188 e. The van der Waals surface area contributed by atoms with Gasteiger partial charge in [0.1, 0.15) is 5.75 Å².